The highest BCUT2D eigenvalue weighted by Gasteiger charge is 2.35. The summed E-state index contributed by atoms with van der Waals surface area (Å²) in [6, 6.07) is 6.07. The smallest absolute Gasteiger partial charge is 0.137 e. The molecular weight excluding hydrogens is 226 g/mol. The van der Waals surface area contributed by atoms with Crippen LogP contribution in [0.5, 0.6) is 5.75 Å². The molecule has 2 unspecified atom stereocenters. The van der Waals surface area contributed by atoms with Gasteiger partial charge in [0.25, 0.3) is 0 Å². The third kappa shape index (κ3) is 2.17. The van der Waals surface area contributed by atoms with Crippen molar-refractivity contribution in [3.05, 3.63) is 18.3 Å². The van der Waals surface area contributed by atoms with Gasteiger partial charge in [0.05, 0.1) is 13.3 Å². The summed E-state index contributed by atoms with van der Waals surface area (Å²) in [5.74, 6) is 1.86. The normalized spacial score (nSPS) is 30.2. The number of anilines is 1. The van der Waals surface area contributed by atoms with Gasteiger partial charge in [0.15, 0.2) is 0 Å². The van der Waals surface area contributed by atoms with E-state index in [0.29, 0.717) is 6.04 Å². The van der Waals surface area contributed by atoms with Crippen molar-refractivity contribution in [1.82, 2.24) is 10.3 Å². The van der Waals surface area contributed by atoms with Gasteiger partial charge >= 0.3 is 0 Å². The van der Waals surface area contributed by atoms with Crippen LogP contribution < -0.4 is 15.0 Å². The van der Waals surface area contributed by atoms with Crippen LogP contribution in [0.15, 0.2) is 18.3 Å². The van der Waals surface area contributed by atoms with Gasteiger partial charge in [-0.3, -0.25) is 0 Å². The third-order valence-electron chi connectivity index (χ3n) is 4.31. The molecule has 2 atom stereocenters. The van der Waals surface area contributed by atoms with E-state index in [0.717, 1.165) is 23.7 Å². The first kappa shape index (κ1) is 11.8. The summed E-state index contributed by atoms with van der Waals surface area (Å²) in [5.41, 5.74) is 0. The molecule has 0 spiro atoms. The molecule has 1 aromatic heterocycles. The summed E-state index contributed by atoms with van der Waals surface area (Å²) in [6.07, 6.45) is 6.94. The number of nitrogens with one attached hydrogen (secondary N) is 1. The zero-order valence-corrected chi connectivity index (χ0v) is 11.1. The van der Waals surface area contributed by atoms with Crippen LogP contribution in [0.25, 0.3) is 0 Å². The van der Waals surface area contributed by atoms with E-state index in [1.165, 1.54) is 25.7 Å². The van der Waals surface area contributed by atoms with Crippen molar-refractivity contribution in [3.8, 4) is 5.75 Å². The Morgan fingerprint density at radius 3 is 2.56 bits per heavy atom. The average Bonchev–Trinajstić information content (AvgIpc) is 2.77. The molecular formula is C14H21N3O. The van der Waals surface area contributed by atoms with Gasteiger partial charge in [0.2, 0.25) is 0 Å². The standard InChI is InChI=1S/C14H21N3O/c1-17(14-6-5-13(18-2)9-15-14)12-7-10-3-4-11(8-12)16-10/h5-6,9-12,16H,3-4,7-8H2,1-2H3. The second kappa shape index (κ2) is 4.76. The summed E-state index contributed by atoms with van der Waals surface area (Å²) < 4.78 is 5.15. The minimum absolute atomic E-state index is 0.615. The lowest BCUT2D eigenvalue weighted by molar-refractivity contribution is 0.353. The predicted octanol–water partition coefficient (Wildman–Crippen LogP) is 1.81. The van der Waals surface area contributed by atoms with Crippen molar-refractivity contribution >= 4 is 5.82 Å². The Labute approximate surface area is 108 Å². The molecule has 2 aliphatic heterocycles. The van der Waals surface area contributed by atoms with Crippen molar-refractivity contribution in [1.29, 1.82) is 0 Å². The van der Waals surface area contributed by atoms with E-state index in [-0.39, 0.29) is 0 Å². The molecule has 3 rings (SSSR count). The molecule has 0 radical (unpaired) electrons. The molecule has 98 valence electrons. The molecule has 18 heavy (non-hydrogen) atoms. The molecule has 1 N–H and O–H groups in total. The molecule has 4 heteroatoms. The Morgan fingerprint density at radius 2 is 2.00 bits per heavy atom. The second-order valence-corrected chi connectivity index (χ2v) is 5.43. The van der Waals surface area contributed by atoms with Gasteiger partial charge in [0.1, 0.15) is 11.6 Å². The first-order chi connectivity index (χ1) is 8.76. The van der Waals surface area contributed by atoms with Crippen molar-refractivity contribution < 1.29 is 4.74 Å². The van der Waals surface area contributed by atoms with E-state index < -0.39 is 0 Å². The van der Waals surface area contributed by atoms with Crippen molar-refractivity contribution in [2.45, 2.75) is 43.8 Å². The largest absolute Gasteiger partial charge is 0.495 e. The number of aromatic nitrogens is 1. The number of pyridine rings is 1. The van der Waals surface area contributed by atoms with Crippen LogP contribution in [-0.2, 0) is 0 Å². The fourth-order valence-electron chi connectivity index (χ4n) is 3.23. The monoisotopic (exact) mass is 247 g/mol. The second-order valence-electron chi connectivity index (χ2n) is 5.43. The molecule has 2 aliphatic rings. The highest BCUT2D eigenvalue weighted by atomic mass is 16.5. The zero-order valence-electron chi connectivity index (χ0n) is 11.1. The summed E-state index contributed by atoms with van der Waals surface area (Å²) in [5, 5.41) is 3.68. The van der Waals surface area contributed by atoms with Gasteiger partial charge in [-0.05, 0) is 37.8 Å². The molecule has 0 saturated carbocycles. The van der Waals surface area contributed by atoms with E-state index in [4.69, 9.17) is 4.74 Å². The minimum atomic E-state index is 0.615. The Morgan fingerprint density at radius 1 is 1.28 bits per heavy atom. The number of ether oxygens (including phenoxy) is 1. The van der Waals surface area contributed by atoms with Gasteiger partial charge in [-0.1, -0.05) is 0 Å². The van der Waals surface area contributed by atoms with Gasteiger partial charge in [0, 0.05) is 25.2 Å². The van der Waals surface area contributed by atoms with Crippen LogP contribution in [0, 0.1) is 0 Å². The van der Waals surface area contributed by atoms with E-state index in [9.17, 15) is 0 Å². The van der Waals surface area contributed by atoms with Gasteiger partial charge in [-0.2, -0.15) is 0 Å². The van der Waals surface area contributed by atoms with Gasteiger partial charge in [-0.25, -0.2) is 4.98 Å². The van der Waals surface area contributed by atoms with Crippen molar-refractivity contribution in [2.75, 3.05) is 19.1 Å². The van der Waals surface area contributed by atoms with Crippen LogP contribution >= 0.6 is 0 Å². The number of hydrogen-bond donors (Lipinski definition) is 1. The zero-order chi connectivity index (χ0) is 12.5. The van der Waals surface area contributed by atoms with Crippen molar-refractivity contribution in [2.24, 2.45) is 0 Å². The number of hydrogen-bond acceptors (Lipinski definition) is 4. The highest BCUT2D eigenvalue weighted by molar-refractivity contribution is 5.41. The van der Waals surface area contributed by atoms with E-state index in [1.807, 2.05) is 12.1 Å². The van der Waals surface area contributed by atoms with E-state index in [1.54, 1.807) is 13.3 Å². The number of rotatable bonds is 3. The fraction of sp³-hybridized carbons (Fsp3) is 0.643. The maximum atomic E-state index is 5.15. The maximum Gasteiger partial charge on any atom is 0.137 e. The number of fused-ring (bicyclic) bond motifs is 2. The molecule has 3 heterocycles. The minimum Gasteiger partial charge on any atom is -0.495 e. The molecule has 4 nitrogen and oxygen atoms in total. The highest BCUT2D eigenvalue weighted by Crippen LogP contribution is 2.31. The van der Waals surface area contributed by atoms with Crippen LogP contribution in [-0.4, -0.2) is 37.3 Å². The average molecular weight is 247 g/mol. The summed E-state index contributed by atoms with van der Waals surface area (Å²) in [6.45, 7) is 0. The first-order valence-corrected chi connectivity index (χ1v) is 6.75. The van der Waals surface area contributed by atoms with E-state index >= 15 is 0 Å². The Balaban J connectivity index is 1.71. The van der Waals surface area contributed by atoms with Crippen LogP contribution in [0.3, 0.4) is 0 Å². The Bertz CT molecular complexity index is 394. The van der Waals surface area contributed by atoms with Crippen LogP contribution in [0.4, 0.5) is 5.82 Å². The molecule has 0 aliphatic carbocycles. The summed E-state index contributed by atoms with van der Waals surface area (Å²) >= 11 is 0. The quantitative estimate of drug-likeness (QED) is 0.884. The Kier molecular flexibility index (Phi) is 3.12. The molecule has 0 amide bonds. The number of piperidine rings is 1. The molecule has 0 aromatic carbocycles. The molecule has 2 fully saturated rings. The number of methoxy groups -OCH3 is 1. The lowest BCUT2D eigenvalue weighted by Crippen LogP contribution is -2.47. The van der Waals surface area contributed by atoms with Crippen LogP contribution in [0.2, 0.25) is 0 Å². The molecule has 2 bridgehead atoms. The summed E-state index contributed by atoms with van der Waals surface area (Å²) in [4.78, 5) is 6.80. The lowest BCUT2D eigenvalue weighted by atomic mass is 9.98. The van der Waals surface area contributed by atoms with Gasteiger partial charge in [-0.15, -0.1) is 0 Å². The maximum absolute atomic E-state index is 5.15. The molecule has 1 aromatic rings. The third-order valence-corrected chi connectivity index (χ3v) is 4.31. The topological polar surface area (TPSA) is 37.4 Å². The van der Waals surface area contributed by atoms with Crippen LogP contribution in [0.1, 0.15) is 25.7 Å². The predicted molar refractivity (Wildman–Crippen MR) is 72.2 cm³/mol. The lowest BCUT2D eigenvalue weighted by Gasteiger charge is -2.36. The van der Waals surface area contributed by atoms with Gasteiger partial charge < -0.3 is 15.0 Å². The fourth-order valence-corrected chi connectivity index (χ4v) is 3.23. The number of nitrogens with zero attached hydrogens (tertiary/aromatic N) is 2. The first-order valence-electron chi connectivity index (χ1n) is 6.75. The Hall–Kier alpha value is -1.29. The molecule has 2 saturated heterocycles. The van der Waals surface area contributed by atoms with E-state index in [2.05, 4.69) is 22.2 Å². The van der Waals surface area contributed by atoms with Crippen molar-refractivity contribution in [3.63, 3.8) is 0 Å². The summed E-state index contributed by atoms with van der Waals surface area (Å²) in [7, 11) is 3.83. The SMILES string of the molecule is COc1ccc(N(C)C2CC3CCC(C2)N3)nc1.